The Morgan fingerprint density at radius 2 is 1.78 bits per heavy atom. The van der Waals surface area contributed by atoms with Gasteiger partial charge in [-0.2, -0.15) is 5.10 Å². The average molecular weight is 454 g/mol. The summed E-state index contributed by atoms with van der Waals surface area (Å²) in [5, 5.41) is 13.8. The number of anilines is 1. The highest BCUT2D eigenvalue weighted by atomic mass is 32.2. The van der Waals surface area contributed by atoms with Gasteiger partial charge in [-0.15, -0.1) is 0 Å². The SMILES string of the molecule is N/N=C\c1ccc(CCOc2cccc(NC(C(=O)O)S(=O)(=O)c3ccccc3)c2)cc1. The molecule has 0 aliphatic heterocycles. The number of rotatable bonds is 10. The maximum atomic E-state index is 12.8. The Balaban J connectivity index is 1.66. The van der Waals surface area contributed by atoms with Crippen LogP contribution in [0.15, 0.2) is 88.9 Å². The van der Waals surface area contributed by atoms with Crippen molar-refractivity contribution >= 4 is 27.7 Å². The normalized spacial score (nSPS) is 12.4. The third-order valence-electron chi connectivity index (χ3n) is 4.60. The summed E-state index contributed by atoms with van der Waals surface area (Å²) in [7, 11) is -4.14. The molecule has 0 aliphatic carbocycles. The van der Waals surface area contributed by atoms with E-state index >= 15 is 0 Å². The summed E-state index contributed by atoms with van der Waals surface area (Å²) < 4.78 is 31.3. The first-order chi connectivity index (χ1) is 15.4. The van der Waals surface area contributed by atoms with Gasteiger partial charge in [0.1, 0.15) is 5.75 Å². The van der Waals surface area contributed by atoms with Crippen LogP contribution in [-0.4, -0.2) is 37.7 Å². The molecule has 0 heterocycles. The summed E-state index contributed by atoms with van der Waals surface area (Å²) in [5.74, 6) is 4.13. The second kappa shape index (κ2) is 10.5. The zero-order chi connectivity index (χ0) is 23.0. The van der Waals surface area contributed by atoms with E-state index < -0.39 is 21.2 Å². The number of hydrogen-bond donors (Lipinski definition) is 3. The second-order valence-electron chi connectivity index (χ2n) is 6.87. The topological polar surface area (TPSA) is 131 Å². The number of benzene rings is 3. The lowest BCUT2D eigenvalue weighted by atomic mass is 10.1. The number of nitrogens with one attached hydrogen (secondary N) is 1. The summed E-state index contributed by atoms with van der Waals surface area (Å²) in [6, 6.07) is 21.7. The standard InChI is InChI=1S/C23H23N3O5S/c24-25-16-18-11-9-17(10-12-18)13-14-31-20-6-4-5-19(15-20)26-22(23(27)28)32(29,30)21-7-2-1-3-8-21/h1-12,15-16,22,26H,13-14,24H2,(H,27,28)/b25-16-. The molecule has 0 radical (unpaired) electrons. The molecule has 4 N–H and O–H groups in total. The number of ether oxygens (including phenoxy) is 1. The number of sulfone groups is 1. The van der Waals surface area contributed by atoms with E-state index in [-0.39, 0.29) is 4.90 Å². The van der Waals surface area contributed by atoms with E-state index in [9.17, 15) is 18.3 Å². The van der Waals surface area contributed by atoms with Crippen molar-refractivity contribution in [1.82, 2.24) is 0 Å². The number of hydrazone groups is 1. The molecule has 166 valence electrons. The quantitative estimate of drug-likeness (QED) is 0.244. The van der Waals surface area contributed by atoms with Crippen molar-refractivity contribution < 1.29 is 23.1 Å². The molecular weight excluding hydrogens is 430 g/mol. The van der Waals surface area contributed by atoms with Crippen LogP contribution in [0.1, 0.15) is 11.1 Å². The van der Waals surface area contributed by atoms with Crippen LogP contribution >= 0.6 is 0 Å². The minimum absolute atomic E-state index is 0.0731. The van der Waals surface area contributed by atoms with Gasteiger partial charge >= 0.3 is 5.97 Å². The fourth-order valence-electron chi connectivity index (χ4n) is 2.99. The van der Waals surface area contributed by atoms with Gasteiger partial charge in [0.25, 0.3) is 0 Å². The predicted octanol–water partition coefficient (Wildman–Crippen LogP) is 2.90. The van der Waals surface area contributed by atoms with Gasteiger partial charge in [-0.3, -0.25) is 0 Å². The monoisotopic (exact) mass is 453 g/mol. The van der Waals surface area contributed by atoms with Crippen molar-refractivity contribution in [3.8, 4) is 5.75 Å². The molecule has 9 heteroatoms. The lowest BCUT2D eigenvalue weighted by Gasteiger charge is -2.17. The van der Waals surface area contributed by atoms with Crippen molar-refractivity contribution in [3.63, 3.8) is 0 Å². The lowest BCUT2D eigenvalue weighted by molar-refractivity contribution is -0.135. The Labute approximate surface area is 186 Å². The van der Waals surface area contributed by atoms with Gasteiger partial charge in [-0.05, 0) is 35.4 Å². The van der Waals surface area contributed by atoms with Gasteiger partial charge in [-0.25, -0.2) is 13.2 Å². The molecule has 1 unspecified atom stereocenters. The molecule has 0 aliphatic rings. The number of aliphatic carboxylic acids is 1. The minimum Gasteiger partial charge on any atom is -0.493 e. The number of hydrogen-bond acceptors (Lipinski definition) is 7. The van der Waals surface area contributed by atoms with Crippen molar-refractivity contribution in [2.24, 2.45) is 10.9 Å². The van der Waals surface area contributed by atoms with E-state index in [0.717, 1.165) is 11.1 Å². The first kappa shape index (κ1) is 22.8. The molecule has 0 aromatic heterocycles. The van der Waals surface area contributed by atoms with Crippen LogP contribution in [-0.2, 0) is 21.1 Å². The molecule has 0 saturated heterocycles. The minimum atomic E-state index is -4.14. The van der Waals surface area contributed by atoms with Crippen molar-refractivity contribution in [3.05, 3.63) is 90.0 Å². The number of carbonyl (C=O) groups is 1. The average Bonchev–Trinajstić information content (AvgIpc) is 2.79. The van der Waals surface area contributed by atoms with Crippen LogP contribution in [0, 0.1) is 0 Å². The van der Waals surface area contributed by atoms with E-state index in [1.54, 1.807) is 48.7 Å². The Hall–Kier alpha value is -3.85. The third-order valence-corrected chi connectivity index (χ3v) is 6.47. The highest BCUT2D eigenvalue weighted by Crippen LogP contribution is 2.22. The zero-order valence-electron chi connectivity index (χ0n) is 17.1. The summed E-state index contributed by atoms with van der Waals surface area (Å²) >= 11 is 0. The van der Waals surface area contributed by atoms with Gasteiger partial charge in [0.2, 0.25) is 15.2 Å². The Morgan fingerprint density at radius 3 is 2.44 bits per heavy atom. The molecule has 3 aromatic carbocycles. The smallest absolute Gasteiger partial charge is 0.342 e. The molecule has 1 atom stereocenters. The fraction of sp³-hybridized carbons (Fsp3) is 0.130. The Bertz CT molecular complexity index is 1180. The van der Waals surface area contributed by atoms with E-state index in [0.29, 0.717) is 24.5 Å². The van der Waals surface area contributed by atoms with Gasteiger partial charge in [0.15, 0.2) is 0 Å². The molecular formula is C23H23N3O5S. The summed E-state index contributed by atoms with van der Waals surface area (Å²) in [4.78, 5) is 11.6. The molecule has 3 aromatic rings. The van der Waals surface area contributed by atoms with Crippen LogP contribution in [0.2, 0.25) is 0 Å². The molecule has 0 saturated carbocycles. The Kier molecular flexibility index (Phi) is 7.45. The molecule has 0 bridgehead atoms. The lowest BCUT2D eigenvalue weighted by Crippen LogP contribution is -2.37. The summed E-state index contributed by atoms with van der Waals surface area (Å²) in [6.45, 7) is 0.387. The fourth-order valence-corrected chi connectivity index (χ4v) is 4.35. The highest BCUT2D eigenvalue weighted by molar-refractivity contribution is 7.92. The number of nitrogens with two attached hydrogens (primary N) is 1. The first-order valence-corrected chi connectivity index (χ1v) is 11.3. The second-order valence-corrected chi connectivity index (χ2v) is 8.90. The van der Waals surface area contributed by atoms with Crippen LogP contribution in [0.25, 0.3) is 0 Å². The van der Waals surface area contributed by atoms with Gasteiger partial charge < -0.3 is 21.0 Å². The van der Waals surface area contributed by atoms with Gasteiger partial charge in [0, 0.05) is 18.2 Å². The molecule has 32 heavy (non-hydrogen) atoms. The zero-order valence-corrected chi connectivity index (χ0v) is 17.9. The largest absolute Gasteiger partial charge is 0.493 e. The third kappa shape index (κ3) is 5.86. The van der Waals surface area contributed by atoms with Crippen LogP contribution in [0.4, 0.5) is 5.69 Å². The van der Waals surface area contributed by atoms with Crippen LogP contribution in [0.5, 0.6) is 5.75 Å². The molecule has 0 spiro atoms. The maximum absolute atomic E-state index is 12.8. The van der Waals surface area contributed by atoms with Gasteiger partial charge in [0.05, 0.1) is 17.7 Å². The van der Waals surface area contributed by atoms with E-state index in [2.05, 4.69) is 10.4 Å². The highest BCUT2D eigenvalue weighted by Gasteiger charge is 2.34. The van der Waals surface area contributed by atoms with Crippen molar-refractivity contribution in [2.75, 3.05) is 11.9 Å². The molecule has 8 nitrogen and oxygen atoms in total. The van der Waals surface area contributed by atoms with Crippen molar-refractivity contribution in [2.45, 2.75) is 16.7 Å². The summed E-state index contributed by atoms with van der Waals surface area (Å²) in [6.07, 6.45) is 2.21. The maximum Gasteiger partial charge on any atom is 0.342 e. The number of nitrogens with zero attached hydrogens (tertiary/aromatic N) is 1. The first-order valence-electron chi connectivity index (χ1n) is 9.73. The number of carboxylic acids is 1. The molecule has 0 fully saturated rings. The van der Waals surface area contributed by atoms with E-state index in [4.69, 9.17) is 10.6 Å². The van der Waals surface area contributed by atoms with Crippen molar-refractivity contribution in [1.29, 1.82) is 0 Å². The molecule has 3 rings (SSSR count). The Morgan fingerprint density at radius 1 is 1.06 bits per heavy atom. The number of carboxylic acid groups (broad SMARTS) is 1. The van der Waals surface area contributed by atoms with Gasteiger partial charge in [-0.1, -0.05) is 48.5 Å². The van der Waals surface area contributed by atoms with Crippen LogP contribution < -0.4 is 15.9 Å². The van der Waals surface area contributed by atoms with Crippen LogP contribution in [0.3, 0.4) is 0 Å². The van der Waals surface area contributed by atoms with E-state index in [1.807, 2.05) is 24.3 Å². The molecule has 0 amide bonds. The summed E-state index contributed by atoms with van der Waals surface area (Å²) in [5.41, 5.74) is 2.28. The predicted molar refractivity (Wildman–Crippen MR) is 123 cm³/mol. The van der Waals surface area contributed by atoms with E-state index in [1.165, 1.54) is 12.1 Å².